The van der Waals surface area contributed by atoms with Gasteiger partial charge in [0.25, 0.3) is 5.91 Å². The highest BCUT2D eigenvalue weighted by atomic mass is 35.5. The molecule has 1 atom stereocenters. The van der Waals surface area contributed by atoms with E-state index >= 15 is 0 Å². The van der Waals surface area contributed by atoms with Crippen LogP contribution in [-0.2, 0) is 9.53 Å². The summed E-state index contributed by atoms with van der Waals surface area (Å²) in [5, 5.41) is 2.97. The van der Waals surface area contributed by atoms with Gasteiger partial charge in [-0.3, -0.25) is 4.79 Å². The lowest BCUT2D eigenvalue weighted by atomic mass is 10.2. The van der Waals surface area contributed by atoms with Crippen LogP contribution in [0, 0.1) is 5.92 Å². The number of ether oxygens (including phenoxy) is 3. The number of rotatable bonds is 5. The number of nitrogens with one attached hydrogen (secondary N) is 1. The zero-order chi connectivity index (χ0) is 16.3. The summed E-state index contributed by atoms with van der Waals surface area (Å²) in [5.74, 6) is 0.123. The third-order valence-corrected chi connectivity index (χ3v) is 3.28. The standard InChI is InChI=1S/C15H18ClNO5/c1-8(2)6-17-14(18)9(3)22-15(19)10-4-11(16)13-12(5-10)20-7-21-13/h4-5,8-9H,6-7H2,1-3H3,(H,17,18)/t9-/m0/s1. The van der Waals surface area contributed by atoms with Crippen LogP contribution in [0.5, 0.6) is 11.5 Å². The molecule has 0 bridgehead atoms. The monoisotopic (exact) mass is 327 g/mol. The lowest BCUT2D eigenvalue weighted by Gasteiger charge is -2.14. The SMILES string of the molecule is CC(C)CNC(=O)[C@H](C)OC(=O)c1cc(Cl)c2c(c1)OCO2. The van der Waals surface area contributed by atoms with Crippen molar-refractivity contribution in [3.8, 4) is 11.5 Å². The molecule has 1 aromatic rings. The van der Waals surface area contributed by atoms with Crippen molar-refractivity contribution in [2.75, 3.05) is 13.3 Å². The molecule has 2 rings (SSSR count). The summed E-state index contributed by atoms with van der Waals surface area (Å²) in [6, 6.07) is 2.91. The number of carbonyl (C=O) groups is 2. The van der Waals surface area contributed by atoms with Crippen molar-refractivity contribution in [2.45, 2.75) is 26.9 Å². The maximum Gasteiger partial charge on any atom is 0.339 e. The summed E-state index contributed by atoms with van der Waals surface area (Å²) < 4.78 is 15.5. The normalized spacial score (nSPS) is 13.9. The minimum absolute atomic E-state index is 0.0571. The van der Waals surface area contributed by atoms with Crippen LogP contribution < -0.4 is 14.8 Å². The summed E-state index contributed by atoms with van der Waals surface area (Å²) in [6.45, 7) is 6.05. The van der Waals surface area contributed by atoms with Crippen LogP contribution in [0.25, 0.3) is 0 Å². The summed E-state index contributed by atoms with van der Waals surface area (Å²) in [5.41, 5.74) is 0.206. The van der Waals surface area contributed by atoms with Crippen LogP contribution in [-0.4, -0.2) is 31.3 Å². The smallest absolute Gasteiger partial charge is 0.339 e. The first-order valence-corrected chi connectivity index (χ1v) is 7.34. The van der Waals surface area contributed by atoms with Gasteiger partial charge in [0, 0.05) is 6.54 Å². The van der Waals surface area contributed by atoms with E-state index in [2.05, 4.69) is 5.32 Å². The predicted molar refractivity (Wildman–Crippen MR) is 80.3 cm³/mol. The van der Waals surface area contributed by atoms with E-state index in [4.69, 9.17) is 25.8 Å². The lowest BCUT2D eigenvalue weighted by Crippen LogP contribution is -2.37. The molecule has 0 fully saturated rings. The first kappa shape index (κ1) is 16.4. The fraction of sp³-hybridized carbons (Fsp3) is 0.467. The van der Waals surface area contributed by atoms with Crippen LogP contribution in [0.1, 0.15) is 31.1 Å². The van der Waals surface area contributed by atoms with Crippen LogP contribution in [0.15, 0.2) is 12.1 Å². The van der Waals surface area contributed by atoms with Gasteiger partial charge in [-0.25, -0.2) is 4.79 Å². The third kappa shape index (κ3) is 3.82. The van der Waals surface area contributed by atoms with E-state index in [0.717, 1.165) is 0 Å². The molecule has 1 aromatic carbocycles. The molecule has 1 aliphatic heterocycles. The fourth-order valence-corrected chi connectivity index (χ4v) is 2.08. The molecule has 1 N–H and O–H groups in total. The van der Waals surface area contributed by atoms with Gasteiger partial charge in [-0.05, 0) is 25.0 Å². The van der Waals surface area contributed by atoms with Crippen molar-refractivity contribution >= 4 is 23.5 Å². The highest BCUT2D eigenvalue weighted by Crippen LogP contribution is 2.39. The second kappa shape index (κ2) is 6.87. The molecule has 0 unspecified atom stereocenters. The molecule has 0 saturated heterocycles. The van der Waals surface area contributed by atoms with Gasteiger partial charge in [-0.2, -0.15) is 0 Å². The molecule has 0 spiro atoms. The summed E-state index contributed by atoms with van der Waals surface area (Å²) in [6.07, 6.45) is -0.893. The highest BCUT2D eigenvalue weighted by molar-refractivity contribution is 6.32. The Labute approximate surface area is 133 Å². The Bertz CT molecular complexity index is 588. The number of benzene rings is 1. The number of carbonyl (C=O) groups excluding carboxylic acids is 2. The van der Waals surface area contributed by atoms with Gasteiger partial charge < -0.3 is 19.5 Å². The Balaban J connectivity index is 2.00. The van der Waals surface area contributed by atoms with Crippen LogP contribution in [0.2, 0.25) is 5.02 Å². The average molecular weight is 328 g/mol. The average Bonchev–Trinajstić information content (AvgIpc) is 2.93. The van der Waals surface area contributed by atoms with E-state index in [1.165, 1.54) is 19.1 Å². The van der Waals surface area contributed by atoms with Crippen LogP contribution in [0.3, 0.4) is 0 Å². The topological polar surface area (TPSA) is 73.9 Å². The molecule has 7 heteroatoms. The zero-order valence-corrected chi connectivity index (χ0v) is 13.4. The maximum absolute atomic E-state index is 12.1. The minimum atomic E-state index is -0.893. The summed E-state index contributed by atoms with van der Waals surface area (Å²) >= 11 is 6.01. The van der Waals surface area contributed by atoms with E-state index in [1.807, 2.05) is 13.8 Å². The van der Waals surface area contributed by atoms with Gasteiger partial charge in [0.1, 0.15) is 0 Å². The second-order valence-corrected chi connectivity index (χ2v) is 5.79. The molecule has 0 saturated carbocycles. The van der Waals surface area contributed by atoms with Gasteiger partial charge in [0.2, 0.25) is 6.79 Å². The zero-order valence-electron chi connectivity index (χ0n) is 12.6. The molecular formula is C15H18ClNO5. The largest absolute Gasteiger partial charge is 0.454 e. The Hall–Kier alpha value is -1.95. The molecule has 22 heavy (non-hydrogen) atoms. The third-order valence-electron chi connectivity index (χ3n) is 3.00. The quantitative estimate of drug-likeness (QED) is 0.840. The predicted octanol–water partition coefficient (Wildman–Crippen LogP) is 2.39. The van der Waals surface area contributed by atoms with E-state index < -0.39 is 12.1 Å². The molecule has 6 nitrogen and oxygen atoms in total. The van der Waals surface area contributed by atoms with E-state index in [0.29, 0.717) is 24.0 Å². The van der Waals surface area contributed by atoms with Gasteiger partial charge in [-0.15, -0.1) is 0 Å². The number of amides is 1. The van der Waals surface area contributed by atoms with Crippen molar-refractivity contribution in [3.63, 3.8) is 0 Å². The lowest BCUT2D eigenvalue weighted by molar-refractivity contribution is -0.129. The van der Waals surface area contributed by atoms with Gasteiger partial charge in [0.15, 0.2) is 17.6 Å². The number of halogens is 1. The maximum atomic E-state index is 12.1. The number of hydrogen-bond acceptors (Lipinski definition) is 5. The second-order valence-electron chi connectivity index (χ2n) is 5.38. The van der Waals surface area contributed by atoms with E-state index in [1.54, 1.807) is 0 Å². The van der Waals surface area contributed by atoms with Gasteiger partial charge >= 0.3 is 5.97 Å². The van der Waals surface area contributed by atoms with Gasteiger partial charge in [-0.1, -0.05) is 25.4 Å². The van der Waals surface area contributed by atoms with Gasteiger partial charge in [0.05, 0.1) is 10.6 Å². The molecule has 1 aliphatic rings. The molecular weight excluding hydrogens is 310 g/mol. The molecule has 0 aromatic heterocycles. The molecule has 0 radical (unpaired) electrons. The van der Waals surface area contributed by atoms with Crippen molar-refractivity contribution in [2.24, 2.45) is 5.92 Å². The Morgan fingerprint density at radius 3 is 2.73 bits per heavy atom. The Kier molecular flexibility index (Phi) is 5.13. The van der Waals surface area contributed by atoms with Crippen molar-refractivity contribution in [3.05, 3.63) is 22.7 Å². The van der Waals surface area contributed by atoms with E-state index in [-0.39, 0.29) is 23.3 Å². The highest BCUT2D eigenvalue weighted by Gasteiger charge is 2.24. The summed E-state index contributed by atoms with van der Waals surface area (Å²) in [4.78, 5) is 23.9. The minimum Gasteiger partial charge on any atom is -0.454 e. The van der Waals surface area contributed by atoms with Crippen molar-refractivity contribution in [1.82, 2.24) is 5.32 Å². The van der Waals surface area contributed by atoms with Crippen LogP contribution >= 0.6 is 11.6 Å². The summed E-state index contributed by atoms with van der Waals surface area (Å²) in [7, 11) is 0. The molecule has 0 aliphatic carbocycles. The van der Waals surface area contributed by atoms with E-state index in [9.17, 15) is 9.59 Å². The van der Waals surface area contributed by atoms with Crippen LogP contribution in [0.4, 0.5) is 0 Å². The molecule has 120 valence electrons. The first-order valence-electron chi connectivity index (χ1n) is 6.96. The Morgan fingerprint density at radius 1 is 1.32 bits per heavy atom. The fourth-order valence-electron chi connectivity index (χ4n) is 1.82. The number of hydrogen-bond donors (Lipinski definition) is 1. The number of fused-ring (bicyclic) bond motifs is 1. The molecule has 1 heterocycles. The first-order chi connectivity index (χ1) is 10.4. The molecule has 1 amide bonds. The van der Waals surface area contributed by atoms with Crippen molar-refractivity contribution < 1.29 is 23.8 Å². The van der Waals surface area contributed by atoms with Crippen molar-refractivity contribution in [1.29, 1.82) is 0 Å². The number of esters is 1. The Morgan fingerprint density at radius 2 is 2.05 bits per heavy atom.